The fourth-order valence-electron chi connectivity index (χ4n) is 8.05. The minimum Gasteiger partial charge on any atom is -0.488 e. The van der Waals surface area contributed by atoms with Crippen LogP contribution in [0.15, 0.2) is 60.8 Å². The topological polar surface area (TPSA) is 135 Å². The number of ether oxygens (including phenoxy) is 2. The molecule has 1 aliphatic carbocycles. The number of fused-ring (bicyclic) bond motifs is 4. The van der Waals surface area contributed by atoms with Crippen LogP contribution in [-0.2, 0) is 4.79 Å². The first kappa shape index (κ1) is 32.5. The van der Waals surface area contributed by atoms with Crippen molar-refractivity contribution in [1.29, 1.82) is 0 Å². The van der Waals surface area contributed by atoms with Crippen molar-refractivity contribution < 1.29 is 28.2 Å². The summed E-state index contributed by atoms with van der Waals surface area (Å²) in [4.78, 5) is 46.3. The van der Waals surface area contributed by atoms with Crippen molar-refractivity contribution in [3.8, 4) is 22.9 Å². The van der Waals surface area contributed by atoms with E-state index in [4.69, 9.17) is 15.2 Å². The number of hydrogen-bond acceptors (Lipinski definition) is 9. The summed E-state index contributed by atoms with van der Waals surface area (Å²) < 4.78 is 28.1. The molecule has 0 bridgehead atoms. The van der Waals surface area contributed by atoms with Gasteiger partial charge in [-0.2, -0.15) is 5.10 Å². The van der Waals surface area contributed by atoms with E-state index in [0.29, 0.717) is 34.5 Å². The summed E-state index contributed by atoms with van der Waals surface area (Å²) in [5.41, 5.74) is 9.24. The number of likely N-dealkylation sites (tertiary alicyclic amines) is 1. The normalized spacial score (nSPS) is 22.3. The second kappa shape index (κ2) is 11.8. The zero-order valence-electron chi connectivity index (χ0n) is 29.3. The van der Waals surface area contributed by atoms with Gasteiger partial charge in [0.15, 0.2) is 17.3 Å². The van der Waals surface area contributed by atoms with E-state index >= 15 is 0 Å². The Morgan fingerprint density at radius 2 is 1.75 bits per heavy atom. The molecule has 2 atom stereocenters. The van der Waals surface area contributed by atoms with E-state index in [9.17, 15) is 18.8 Å². The maximum atomic E-state index is 14.2. The molecule has 5 aliphatic rings. The Morgan fingerprint density at radius 3 is 2.42 bits per heavy atom. The summed E-state index contributed by atoms with van der Waals surface area (Å²) in [5.74, 6) is 0.275. The number of aryl methyl sites for hydroxylation is 1. The number of carbonyl (C=O) groups is 3. The molecule has 4 aliphatic heterocycles. The highest BCUT2D eigenvalue weighted by Gasteiger charge is 2.63. The maximum absolute atomic E-state index is 14.2. The van der Waals surface area contributed by atoms with Gasteiger partial charge in [-0.25, -0.2) is 18.8 Å². The Hall–Kier alpha value is -5.43. The molecule has 1 aromatic heterocycles. The molecule has 1 saturated carbocycles. The molecule has 4 fully saturated rings. The van der Waals surface area contributed by atoms with Gasteiger partial charge >= 0.3 is 6.03 Å². The van der Waals surface area contributed by atoms with Crippen molar-refractivity contribution >= 4 is 34.9 Å². The molecule has 9 rings (SSSR count). The smallest absolute Gasteiger partial charge is 0.329 e. The van der Waals surface area contributed by atoms with Gasteiger partial charge in [0.2, 0.25) is 0 Å². The molecule has 0 radical (unpaired) electrons. The molecule has 52 heavy (non-hydrogen) atoms. The largest absolute Gasteiger partial charge is 0.488 e. The van der Waals surface area contributed by atoms with E-state index in [0.717, 1.165) is 42.7 Å². The molecule has 5 heterocycles. The van der Waals surface area contributed by atoms with E-state index < -0.39 is 23.4 Å². The highest BCUT2D eigenvalue weighted by atomic mass is 19.1. The first-order valence-electron chi connectivity index (χ1n) is 17.9. The van der Waals surface area contributed by atoms with Crippen LogP contribution in [0.1, 0.15) is 73.5 Å². The van der Waals surface area contributed by atoms with Crippen LogP contribution in [0, 0.1) is 12.7 Å². The van der Waals surface area contributed by atoms with Crippen LogP contribution in [0.5, 0.6) is 17.2 Å². The van der Waals surface area contributed by atoms with Crippen LogP contribution < -0.4 is 30.3 Å². The lowest BCUT2D eigenvalue weighted by atomic mass is 9.89. The number of imide groups is 1. The first-order valence-corrected chi connectivity index (χ1v) is 17.9. The second-order valence-electron chi connectivity index (χ2n) is 15.0. The molecular formula is C39H40FN7O5. The Balaban J connectivity index is 0.955. The highest BCUT2D eigenvalue weighted by Crippen LogP contribution is 2.63. The minimum atomic E-state index is -1.06. The third-order valence-electron chi connectivity index (χ3n) is 11.3. The number of amides is 3. The Labute approximate surface area is 300 Å². The molecule has 13 heteroatoms. The molecule has 3 N–H and O–H groups in total. The predicted octanol–water partition coefficient (Wildman–Crippen LogP) is 6.05. The van der Waals surface area contributed by atoms with Crippen LogP contribution in [-0.4, -0.2) is 69.2 Å². The summed E-state index contributed by atoms with van der Waals surface area (Å²) in [7, 11) is 0. The predicted molar refractivity (Wildman–Crippen MR) is 192 cm³/mol. The zero-order valence-corrected chi connectivity index (χ0v) is 29.3. The van der Waals surface area contributed by atoms with Gasteiger partial charge in [-0.05, 0) is 94.5 Å². The molecule has 12 nitrogen and oxygen atoms in total. The molecular weight excluding hydrogens is 665 g/mol. The number of nitrogens with two attached hydrogens (primary N) is 1. The molecule has 0 spiro atoms. The van der Waals surface area contributed by atoms with E-state index in [1.54, 1.807) is 50.2 Å². The average Bonchev–Trinajstić information content (AvgIpc) is 3.53. The minimum absolute atomic E-state index is 0.0517. The van der Waals surface area contributed by atoms with Gasteiger partial charge < -0.3 is 30.3 Å². The maximum Gasteiger partial charge on any atom is 0.329 e. The van der Waals surface area contributed by atoms with Crippen molar-refractivity contribution in [2.75, 3.05) is 28.6 Å². The number of Topliss-reactive ketones (excluding diaryl/α,β-unsaturated/α-hetero) is 1. The Morgan fingerprint density at radius 1 is 0.981 bits per heavy atom. The molecule has 3 aromatic carbocycles. The molecule has 3 saturated heterocycles. The number of anilines is 3. The number of ketones is 1. The van der Waals surface area contributed by atoms with Gasteiger partial charge in [-0.3, -0.25) is 9.59 Å². The fourth-order valence-corrected chi connectivity index (χ4v) is 8.05. The SMILES string of the molecule is Cc1cc(-n2ncc(C(=O)C3C4c5cc(OC6CCN(C7CCC7)CC6)c(N6C(=O)NC(C)(C)C6=O)cc5N34)c2N)ccc1Oc1ccccc1F. The second-order valence-corrected chi connectivity index (χ2v) is 15.0. The van der Waals surface area contributed by atoms with Gasteiger partial charge in [0.25, 0.3) is 5.91 Å². The lowest BCUT2D eigenvalue weighted by molar-refractivity contribution is -0.121. The third kappa shape index (κ3) is 5.12. The van der Waals surface area contributed by atoms with Crippen molar-refractivity contribution in [2.24, 2.45) is 0 Å². The van der Waals surface area contributed by atoms with Crippen molar-refractivity contribution in [3.63, 3.8) is 0 Å². The number of carbonyl (C=O) groups excluding carboxylic acids is 3. The number of benzene rings is 3. The monoisotopic (exact) mass is 705 g/mol. The van der Waals surface area contributed by atoms with Crippen LogP contribution in [0.25, 0.3) is 5.69 Å². The summed E-state index contributed by atoms with van der Waals surface area (Å²) in [6.07, 6.45) is 6.95. The number of nitrogens with one attached hydrogen (secondary N) is 1. The van der Waals surface area contributed by atoms with Crippen LogP contribution in [0.2, 0.25) is 0 Å². The van der Waals surface area contributed by atoms with Gasteiger partial charge in [-0.15, -0.1) is 0 Å². The number of nitrogens with zero attached hydrogens (tertiary/aromatic N) is 5. The molecule has 2 unspecified atom stereocenters. The summed E-state index contributed by atoms with van der Waals surface area (Å²) in [6.45, 7) is 7.11. The standard InChI is InChI=1S/C39H40FN7O5/c1-21-17-23(11-12-30(21)52-31-10-5-4-9-27(31)40)47-36(41)26(20-42-47)35(48)34-33-25-18-32(51-24-13-15-44(16-14-24)22-7-6-8-22)29(19-28(25)45(33)34)46-37(49)39(2,3)43-38(46)50/h4-5,9-12,17-20,22,24,33-34H,6-8,13-16,41H2,1-3H3,(H,43,50). The van der Waals surface area contributed by atoms with Crippen LogP contribution in [0.4, 0.5) is 26.4 Å². The number of halogens is 1. The van der Waals surface area contributed by atoms with Crippen LogP contribution >= 0.6 is 0 Å². The van der Waals surface area contributed by atoms with Crippen molar-refractivity contribution in [2.45, 2.75) is 82.6 Å². The van der Waals surface area contributed by atoms with E-state index in [-0.39, 0.29) is 35.4 Å². The van der Waals surface area contributed by atoms with Crippen molar-refractivity contribution in [3.05, 3.63) is 83.3 Å². The highest BCUT2D eigenvalue weighted by molar-refractivity contribution is 6.24. The number of nitrogen functional groups attached to an aromatic ring is 1. The summed E-state index contributed by atoms with van der Waals surface area (Å²) in [5, 5.41) is 7.23. The summed E-state index contributed by atoms with van der Waals surface area (Å²) >= 11 is 0. The van der Waals surface area contributed by atoms with Crippen LogP contribution in [0.3, 0.4) is 0 Å². The number of hydrogen-bond donors (Lipinski definition) is 2. The fraction of sp³-hybridized carbons (Fsp3) is 0.385. The van der Waals surface area contributed by atoms with E-state index in [1.165, 1.54) is 41.1 Å². The van der Waals surface area contributed by atoms with E-state index in [1.807, 2.05) is 24.0 Å². The first-order chi connectivity index (χ1) is 25.0. The number of urea groups is 1. The van der Waals surface area contributed by atoms with Gasteiger partial charge in [0.1, 0.15) is 35.0 Å². The Bertz CT molecular complexity index is 2150. The Kier molecular flexibility index (Phi) is 7.37. The average molecular weight is 706 g/mol. The lowest BCUT2D eigenvalue weighted by Gasteiger charge is -2.41. The van der Waals surface area contributed by atoms with Gasteiger partial charge in [0.05, 0.1) is 29.2 Å². The molecule has 268 valence electrons. The zero-order chi connectivity index (χ0) is 36.1. The molecule has 3 amide bonds. The molecule has 4 aromatic rings. The number of rotatable bonds is 9. The van der Waals surface area contributed by atoms with Gasteiger partial charge in [0, 0.05) is 30.4 Å². The number of aromatic nitrogens is 2. The number of piperidine rings is 1. The lowest BCUT2D eigenvalue weighted by Crippen LogP contribution is -2.47. The number of para-hydroxylation sites is 1. The van der Waals surface area contributed by atoms with Gasteiger partial charge in [-0.1, -0.05) is 18.6 Å². The van der Waals surface area contributed by atoms with E-state index in [2.05, 4.69) is 15.3 Å². The van der Waals surface area contributed by atoms with Crippen molar-refractivity contribution in [1.82, 2.24) is 20.0 Å². The quantitative estimate of drug-likeness (QED) is 0.121. The summed E-state index contributed by atoms with van der Waals surface area (Å²) in [6, 6.07) is 14.7. The third-order valence-corrected chi connectivity index (χ3v) is 11.3.